The van der Waals surface area contributed by atoms with Gasteiger partial charge in [0.15, 0.2) is 10.8 Å². The molecule has 43 heavy (non-hydrogen) atoms. The number of fused-ring (bicyclic) bond motifs is 1. The van der Waals surface area contributed by atoms with Gasteiger partial charge in [-0.1, -0.05) is 24.3 Å². The number of anilines is 1. The molecule has 0 radical (unpaired) electrons. The Morgan fingerprint density at radius 3 is 2.58 bits per heavy atom. The number of aromatic nitrogens is 1. The summed E-state index contributed by atoms with van der Waals surface area (Å²) < 4.78 is 16.9. The van der Waals surface area contributed by atoms with Crippen molar-refractivity contribution >= 4 is 51.4 Å². The van der Waals surface area contributed by atoms with E-state index in [-0.39, 0.29) is 11.8 Å². The average molecular weight is 604 g/mol. The van der Waals surface area contributed by atoms with Crippen molar-refractivity contribution in [3.8, 4) is 5.75 Å². The Bertz CT molecular complexity index is 1500. The number of thiocarbonyl (C=S) groups is 1. The monoisotopic (exact) mass is 603 g/mol. The van der Waals surface area contributed by atoms with Crippen LogP contribution in [0.4, 0.5) is 11.4 Å². The maximum atomic E-state index is 13.2. The second kappa shape index (κ2) is 14.9. The number of ether oxygens (including phenoxy) is 3. The number of amides is 2. The molecule has 0 atom stereocenters. The van der Waals surface area contributed by atoms with Crippen molar-refractivity contribution in [2.75, 3.05) is 51.0 Å². The molecule has 2 amide bonds. The molecule has 1 saturated heterocycles. The minimum absolute atomic E-state index is 0.0867. The van der Waals surface area contributed by atoms with Crippen LogP contribution >= 0.6 is 12.2 Å². The SMILES string of the molecule is [C-]#[N+]c1ccc(N2C(=O)C(C)(C)N(CCCC(=O)NCCOCCOCCOc3cccc4cccnc34)C2=S)cc1C. The molecule has 1 fully saturated rings. The van der Waals surface area contributed by atoms with Gasteiger partial charge in [-0.25, -0.2) is 4.85 Å². The van der Waals surface area contributed by atoms with Crippen molar-refractivity contribution in [3.63, 3.8) is 0 Å². The Labute approximate surface area is 257 Å². The lowest BCUT2D eigenvalue weighted by atomic mass is 10.0. The van der Waals surface area contributed by atoms with Gasteiger partial charge in [-0.15, -0.1) is 0 Å². The van der Waals surface area contributed by atoms with Gasteiger partial charge >= 0.3 is 0 Å². The molecule has 0 aliphatic carbocycles. The molecule has 10 nitrogen and oxygen atoms in total. The van der Waals surface area contributed by atoms with E-state index in [0.29, 0.717) is 75.5 Å². The zero-order valence-corrected chi connectivity index (χ0v) is 25.6. The third-order valence-electron chi connectivity index (χ3n) is 7.19. The first-order valence-electron chi connectivity index (χ1n) is 14.3. The number of hydrogen-bond donors (Lipinski definition) is 1. The van der Waals surface area contributed by atoms with Crippen LogP contribution < -0.4 is 15.0 Å². The van der Waals surface area contributed by atoms with Crippen LogP contribution in [0.3, 0.4) is 0 Å². The van der Waals surface area contributed by atoms with Gasteiger partial charge in [0.05, 0.1) is 33.0 Å². The Morgan fingerprint density at radius 1 is 1.07 bits per heavy atom. The highest BCUT2D eigenvalue weighted by atomic mass is 32.1. The molecular weight excluding hydrogens is 566 g/mol. The fraction of sp³-hybridized carbons (Fsp3) is 0.406. The highest BCUT2D eigenvalue weighted by Gasteiger charge is 2.49. The molecule has 3 aromatic rings. The Hall–Kier alpha value is -4.11. The van der Waals surface area contributed by atoms with E-state index in [2.05, 4.69) is 15.1 Å². The van der Waals surface area contributed by atoms with E-state index < -0.39 is 5.54 Å². The van der Waals surface area contributed by atoms with E-state index in [1.54, 1.807) is 24.4 Å². The van der Waals surface area contributed by atoms with E-state index in [1.807, 2.05) is 56.0 Å². The lowest BCUT2D eigenvalue weighted by Gasteiger charge is -2.29. The third kappa shape index (κ3) is 7.84. The first kappa shape index (κ1) is 31.8. The largest absolute Gasteiger partial charge is 0.489 e. The van der Waals surface area contributed by atoms with Crippen molar-refractivity contribution in [1.82, 2.24) is 15.2 Å². The van der Waals surface area contributed by atoms with Crippen molar-refractivity contribution in [3.05, 3.63) is 71.7 Å². The summed E-state index contributed by atoms with van der Waals surface area (Å²) in [5.74, 6) is 0.513. The summed E-state index contributed by atoms with van der Waals surface area (Å²) in [7, 11) is 0. The highest BCUT2D eigenvalue weighted by Crippen LogP contribution is 2.34. The topological polar surface area (TPSA) is 97.6 Å². The average Bonchev–Trinajstić information content (AvgIpc) is 3.16. The number of hydrogen-bond acceptors (Lipinski definition) is 7. The maximum absolute atomic E-state index is 13.2. The van der Waals surface area contributed by atoms with Crippen LogP contribution in [0.15, 0.2) is 54.7 Å². The molecular formula is C32H37N5O5S. The number of rotatable bonds is 15. The standard InChI is InChI=1S/C32H37N5O5S/c1-23-22-25(12-13-26(23)33-4)37-30(39)32(2,3)36(31(37)43)16-7-11-28(38)34-15-17-40-18-19-41-20-21-42-27-10-5-8-24-9-6-14-35-29(24)27/h5-6,8-10,12-14,22H,7,11,15-21H2,1-3H3,(H,34,38). The smallest absolute Gasteiger partial charge is 0.258 e. The predicted octanol–water partition coefficient (Wildman–Crippen LogP) is 4.81. The number of pyridine rings is 1. The lowest BCUT2D eigenvalue weighted by molar-refractivity contribution is -0.123. The second-order valence-corrected chi connectivity index (χ2v) is 10.9. The Morgan fingerprint density at radius 2 is 1.81 bits per heavy atom. The normalized spacial score (nSPS) is 14.3. The molecule has 1 N–H and O–H groups in total. The van der Waals surface area contributed by atoms with Gasteiger partial charge in [-0.3, -0.25) is 19.5 Å². The number of aryl methyl sites for hydroxylation is 1. The molecule has 0 saturated carbocycles. The summed E-state index contributed by atoms with van der Waals surface area (Å²) in [4.78, 5) is 36.8. The third-order valence-corrected chi connectivity index (χ3v) is 7.59. The van der Waals surface area contributed by atoms with Crippen LogP contribution in [0, 0.1) is 13.5 Å². The molecule has 0 unspecified atom stereocenters. The van der Waals surface area contributed by atoms with Crippen LogP contribution in [0.1, 0.15) is 32.3 Å². The number of para-hydroxylation sites is 1. The van der Waals surface area contributed by atoms with Crippen LogP contribution in [0.2, 0.25) is 0 Å². The van der Waals surface area contributed by atoms with Crippen LogP contribution in [-0.4, -0.2) is 78.5 Å². The van der Waals surface area contributed by atoms with Gasteiger partial charge < -0.3 is 24.4 Å². The number of carbonyl (C=O) groups excluding carboxylic acids is 2. The molecule has 1 aromatic heterocycles. The quantitative estimate of drug-likeness (QED) is 0.150. The van der Waals surface area contributed by atoms with Gasteiger partial charge in [0, 0.05) is 36.8 Å². The van der Waals surface area contributed by atoms with Gasteiger partial charge in [0.1, 0.15) is 23.4 Å². The summed E-state index contributed by atoms with van der Waals surface area (Å²) >= 11 is 5.67. The molecule has 0 spiro atoms. The molecule has 0 bridgehead atoms. The maximum Gasteiger partial charge on any atom is 0.258 e. The van der Waals surface area contributed by atoms with Gasteiger partial charge in [0.2, 0.25) is 5.91 Å². The minimum Gasteiger partial charge on any atom is -0.489 e. The van der Waals surface area contributed by atoms with E-state index in [4.69, 9.17) is 33.0 Å². The minimum atomic E-state index is -0.838. The van der Waals surface area contributed by atoms with Crippen molar-refractivity contribution in [1.29, 1.82) is 0 Å². The van der Waals surface area contributed by atoms with Crippen LogP contribution in [0.5, 0.6) is 5.75 Å². The predicted molar refractivity (Wildman–Crippen MR) is 169 cm³/mol. The fourth-order valence-corrected chi connectivity index (χ4v) is 5.32. The molecule has 226 valence electrons. The van der Waals surface area contributed by atoms with Crippen molar-refractivity contribution in [2.45, 2.75) is 39.2 Å². The zero-order valence-electron chi connectivity index (χ0n) is 24.8. The zero-order chi connectivity index (χ0) is 30.8. The number of benzene rings is 2. The van der Waals surface area contributed by atoms with Crippen molar-refractivity contribution in [2.24, 2.45) is 0 Å². The van der Waals surface area contributed by atoms with Gasteiger partial charge in [-0.2, -0.15) is 0 Å². The Kier molecular flexibility index (Phi) is 11.0. The molecule has 2 aromatic carbocycles. The van der Waals surface area contributed by atoms with E-state index in [0.717, 1.165) is 22.2 Å². The summed E-state index contributed by atoms with van der Waals surface area (Å²) in [5, 5.41) is 4.29. The Balaban J connectivity index is 1.07. The molecule has 1 aliphatic rings. The fourth-order valence-electron chi connectivity index (χ4n) is 4.82. The summed E-state index contributed by atoms with van der Waals surface area (Å²) in [6, 6.07) is 15.0. The molecule has 2 heterocycles. The number of nitrogens with one attached hydrogen (secondary N) is 1. The van der Waals surface area contributed by atoms with Crippen LogP contribution in [-0.2, 0) is 19.1 Å². The highest BCUT2D eigenvalue weighted by molar-refractivity contribution is 7.80. The lowest BCUT2D eigenvalue weighted by Crippen LogP contribution is -2.44. The van der Waals surface area contributed by atoms with E-state index in [1.165, 1.54) is 4.90 Å². The van der Waals surface area contributed by atoms with Gasteiger partial charge in [-0.05, 0) is 69.2 Å². The van der Waals surface area contributed by atoms with E-state index >= 15 is 0 Å². The summed E-state index contributed by atoms with van der Waals surface area (Å²) in [6.45, 7) is 15.7. The molecule has 4 rings (SSSR count). The molecule has 1 aliphatic heterocycles. The van der Waals surface area contributed by atoms with E-state index in [9.17, 15) is 9.59 Å². The summed E-state index contributed by atoms with van der Waals surface area (Å²) in [6.07, 6.45) is 2.59. The summed E-state index contributed by atoms with van der Waals surface area (Å²) in [5.41, 5.74) is 1.96. The number of carbonyl (C=O) groups is 2. The molecule has 11 heteroatoms. The van der Waals surface area contributed by atoms with Crippen molar-refractivity contribution < 1.29 is 23.8 Å². The first-order valence-corrected chi connectivity index (χ1v) is 14.7. The van der Waals surface area contributed by atoms with Gasteiger partial charge in [0.25, 0.3) is 5.91 Å². The second-order valence-electron chi connectivity index (χ2n) is 10.6. The first-order chi connectivity index (χ1) is 20.7. The van der Waals surface area contributed by atoms with Crippen LogP contribution in [0.25, 0.3) is 15.7 Å². The number of nitrogens with zero attached hydrogens (tertiary/aromatic N) is 4.